The molecular weight excluding hydrogens is 322 g/mol. The number of fused-ring (bicyclic) bond motifs is 5. The summed E-state index contributed by atoms with van der Waals surface area (Å²) in [6, 6.07) is 0.0390. The zero-order valence-electron chi connectivity index (χ0n) is 17.8. The molecule has 6 atom stereocenters. The van der Waals surface area contributed by atoms with E-state index in [-0.39, 0.29) is 16.9 Å². The fourth-order valence-electron chi connectivity index (χ4n) is 6.38. The summed E-state index contributed by atoms with van der Waals surface area (Å²) < 4.78 is 0. The van der Waals surface area contributed by atoms with Crippen molar-refractivity contribution in [2.75, 3.05) is 0 Å². The molecule has 0 amide bonds. The summed E-state index contributed by atoms with van der Waals surface area (Å²) in [5, 5.41) is 3.33. The van der Waals surface area contributed by atoms with Crippen LogP contribution in [-0.4, -0.2) is 11.8 Å². The van der Waals surface area contributed by atoms with E-state index < -0.39 is 0 Å². The van der Waals surface area contributed by atoms with E-state index in [2.05, 4.69) is 25.1 Å². The number of carbonyl (C=O) groups is 1. The highest BCUT2D eigenvalue weighted by Gasteiger charge is 2.57. The van der Waals surface area contributed by atoms with Crippen LogP contribution >= 0.6 is 0 Å². The minimum atomic E-state index is -0.0844. The number of Topliss-reactive ketones (excluding diaryl/α,β-unsaturated/α-hetero) is 1. The van der Waals surface area contributed by atoms with E-state index in [0.29, 0.717) is 23.5 Å². The fraction of sp³-hybridized carbons (Fsp3) is 0.870. The number of nitrogens with zero attached hydrogens (tertiary/aromatic N) is 1. The van der Waals surface area contributed by atoms with Crippen molar-refractivity contribution in [2.24, 2.45) is 33.8 Å². The second kappa shape index (κ2) is 8.35. The molecular formula is C23H39NO2. The highest BCUT2D eigenvalue weighted by molar-refractivity contribution is 5.87. The summed E-state index contributed by atoms with van der Waals surface area (Å²) in [4.78, 5) is 23.3. The quantitative estimate of drug-likeness (QED) is 0.385. The lowest BCUT2D eigenvalue weighted by Gasteiger charge is -2.55. The van der Waals surface area contributed by atoms with Crippen LogP contribution in [0.25, 0.3) is 0 Å². The largest absolute Gasteiger partial charge is 0.299 e. The van der Waals surface area contributed by atoms with Gasteiger partial charge in [-0.3, -0.25) is 4.79 Å². The second-order valence-corrected chi connectivity index (χ2v) is 8.68. The maximum absolute atomic E-state index is 12.4. The van der Waals surface area contributed by atoms with Crippen molar-refractivity contribution in [3.63, 3.8) is 0 Å². The van der Waals surface area contributed by atoms with E-state index in [1.807, 2.05) is 27.7 Å². The van der Waals surface area contributed by atoms with Crippen molar-refractivity contribution in [2.45, 2.75) is 99.0 Å². The Morgan fingerprint density at radius 1 is 1.00 bits per heavy atom. The van der Waals surface area contributed by atoms with Gasteiger partial charge >= 0.3 is 0 Å². The predicted octanol–water partition coefficient (Wildman–Crippen LogP) is 6.71. The van der Waals surface area contributed by atoms with Crippen LogP contribution in [0.15, 0.2) is 16.8 Å². The molecule has 4 aliphatic carbocycles. The number of nitroso groups, excluding NO2 is 1. The van der Waals surface area contributed by atoms with E-state index in [4.69, 9.17) is 0 Å². The Morgan fingerprint density at radius 3 is 2.35 bits per heavy atom. The first kappa shape index (κ1) is 21.3. The number of carbonyl (C=O) groups excluding carboxylic acids is 1. The first-order valence-electron chi connectivity index (χ1n) is 11.1. The molecule has 6 unspecified atom stereocenters. The molecule has 0 heterocycles. The highest BCUT2D eigenvalue weighted by Crippen LogP contribution is 2.63. The average Bonchev–Trinajstić information content (AvgIpc) is 2.99. The van der Waals surface area contributed by atoms with Crippen LogP contribution in [0.2, 0.25) is 0 Å². The van der Waals surface area contributed by atoms with Crippen molar-refractivity contribution >= 4 is 5.78 Å². The van der Waals surface area contributed by atoms with E-state index in [9.17, 15) is 9.70 Å². The second-order valence-electron chi connectivity index (χ2n) is 8.68. The average molecular weight is 362 g/mol. The Morgan fingerprint density at radius 2 is 1.69 bits per heavy atom. The lowest BCUT2D eigenvalue weighted by atomic mass is 9.49. The van der Waals surface area contributed by atoms with Crippen molar-refractivity contribution in [1.82, 2.24) is 0 Å². The fourth-order valence-corrected chi connectivity index (χ4v) is 6.38. The molecule has 148 valence electrons. The number of hydrogen-bond donors (Lipinski definition) is 0. The molecule has 3 saturated carbocycles. The normalized spacial score (nSPS) is 43.3. The lowest BCUT2D eigenvalue weighted by Crippen LogP contribution is -2.48. The van der Waals surface area contributed by atoms with Gasteiger partial charge in [-0.15, -0.1) is 0 Å². The van der Waals surface area contributed by atoms with Crippen LogP contribution in [-0.2, 0) is 4.79 Å². The molecule has 4 aliphatic rings. The van der Waals surface area contributed by atoms with Crippen LogP contribution < -0.4 is 0 Å². The van der Waals surface area contributed by atoms with E-state index in [1.54, 1.807) is 5.57 Å². The molecule has 4 rings (SSSR count). The van der Waals surface area contributed by atoms with Gasteiger partial charge in [0.25, 0.3) is 0 Å². The summed E-state index contributed by atoms with van der Waals surface area (Å²) in [5.41, 5.74) is 1.82. The molecule has 3 heteroatoms. The third-order valence-electron chi connectivity index (χ3n) is 7.86. The monoisotopic (exact) mass is 361 g/mol. The number of rotatable bonds is 1. The molecule has 0 aromatic carbocycles. The SMILES string of the molecule is CC.CC.CC12CCC(N=O)CC1CCC1C2=CCC2(C)C(=O)CCC12. The van der Waals surface area contributed by atoms with Crippen LogP contribution in [0, 0.1) is 33.5 Å². The van der Waals surface area contributed by atoms with Crippen molar-refractivity contribution in [3.8, 4) is 0 Å². The molecule has 3 fully saturated rings. The lowest BCUT2D eigenvalue weighted by molar-refractivity contribution is -0.127. The molecule has 0 saturated heterocycles. The summed E-state index contributed by atoms with van der Waals surface area (Å²) in [6.45, 7) is 12.6. The highest BCUT2D eigenvalue weighted by atomic mass is 16.3. The molecule has 0 N–H and O–H groups in total. The number of allylic oxidation sites excluding steroid dienone is 2. The predicted molar refractivity (Wildman–Crippen MR) is 109 cm³/mol. The Hall–Kier alpha value is -0.990. The van der Waals surface area contributed by atoms with Crippen LogP contribution in [0.3, 0.4) is 0 Å². The maximum atomic E-state index is 12.4. The minimum Gasteiger partial charge on any atom is -0.299 e. The molecule has 0 aromatic heterocycles. The Bertz CT molecular complexity index is 554. The number of hydrogen-bond acceptors (Lipinski definition) is 3. The first-order chi connectivity index (χ1) is 12.5. The summed E-state index contributed by atoms with van der Waals surface area (Å²) in [6.07, 6.45) is 10.7. The van der Waals surface area contributed by atoms with Crippen LogP contribution in [0.5, 0.6) is 0 Å². The topological polar surface area (TPSA) is 46.5 Å². The molecule has 26 heavy (non-hydrogen) atoms. The third kappa shape index (κ3) is 3.20. The first-order valence-corrected chi connectivity index (χ1v) is 11.1. The molecule has 0 aliphatic heterocycles. The van der Waals surface area contributed by atoms with Gasteiger partial charge in [-0.05, 0) is 68.1 Å². The number of ketones is 1. The molecule has 3 nitrogen and oxygen atoms in total. The summed E-state index contributed by atoms with van der Waals surface area (Å²) in [5.74, 6) is 2.30. The van der Waals surface area contributed by atoms with Crippen molar-refractivity contribution < 1.29 is 4.79 Å². The zero-order valence-corrected chi connectivity index (χ0v) is 17.8. The van der Waals surface area contributed by atoms with Gasteiger partial charge in [0.05, 0.1) is 6.04 Å². The van der Waals surface area contributed by atoms with Gasteiger partial charge in [-0.1, -0.05) is 58.4 Å². The molecule has 0 radical (unpaired) electrons. The van der Waals surface area contributed by atoms with Gasteiger partial charge in [-0.2, -0.15) is 4.91 Å². The summed E-state index contributed by atoms with van der Waals surface area (Å²) >= 11 is 0. The zero-order chi connectivity index (χ0) is 19.5. The Labute approximate surface area is 160 Å². The van der Waals surface area contributed by atoms with Gasteiger partial charge in [0.1, 0.15) is 5.78 Å². The standard InChI is InChI=1S/C19H27NO2.2C2H6/c1-18-9-7-13(20-22)11-12(18)3-4-14-15-5-6-17(21)19(15,2)10-8-16(14)18;2*1-2/h8,12-15H,3-7,9-11H2,1-2H3;2*1-2H3. The van der Waals surface area contributed by atoms with Gasteiger partial charge < -0.3 is 0 Å². The summed E-state index contributed by atoms with van der Waals surface area (Å²) in [7, 11) is 0. The van der Waals surface area contributed by atoms with Crippen LogP contribution in [0.4, 0.5) is 0 Å². The molecule has 0 bridgehead atoms. The smallest absolute Gasteiger partial charge is 0.139 e. The Kier molecular flexibility index (Phi) is 6.85. The van der Waals surface area contributed by atoms with E-state index in [1.165, 1.54) is 12.8 Å². The van der Waals surface area contributed by atoms with Gasteiger partial charge in [0, 0.05) is 11.8 Å². The van der Waals surface area contributed by atoms with E-state index in [0.717, 1.165) is 38.5 Å². The molecule has 0 aromatic rings. The van der Waals surface area contributed by atoms with Gasteiger partial charge in [0.15, 0.2) is 0 Å². The minimum absolute atomic E-state index is 0.0390. The van der Waals surface area contributed by atoms with Crippen molar-refractivity contribution in [3.05, 3.63) is 16.6 Å². The third-order valence-corrected chi connectivity index (χ3v) is 7.86. The van der Waals surface area contributed by atoms with Crippen LogP contribution in [0.1, 0.15) is 92.9 Å². The van der Waals surface area contributed by atoms with Crippen molar-refractivity contribution in [1.29, 1.82) is 0 Å². The van der Waals surface area contributed by atoms with Gasteiger partial charge in [0.2, 0.25) is 0 Å². The van der Waals surface area contributed by atoms with Gasteiger partial charge in [-0.25, -0.2) is 0 Å². The maximum Gasteiger partial charge on any atom is 0.139 e. The molecule has 0 spiro atoms. The van der Waals surface area contributed by atoms with E-state index >= 15 is 0 Å². The Balaban J connectivity index is 0.000000570.